The number of anilines is 1. The number of para-hydroxylation sites is 1. The summed E-state index contributed by atoms with van der Waals surface area (Å²) in [5, 5.41) is 15.8. The van der Waals surface area contributed by atoms with E-state index in [4.69, 9.17) is 14.6 Å². The molecule has 0 saturated heterocycles. The van der Waals surface area contributed by atoms with E-state index in [2.05, 4.69) is 27.3 Å². The van der Waals surface area contributed by atoms with E-state index in [-0.39, 0.29) is 12.5 Å². The van der Waals surface area contributed by atoms with Crippen molar-refractivity contribution in [1.29, 1.82) is 0 Å². The molecule has 9 nitrogen and oxygen atoms in total. The van der Waals surface area contributed by atoms with Crippen molar-refractivity contribution in [3.8, 4) is 17.0 Å². The van der Waals surface area contributed by atoms with Gasteiger partial charge in [-0.15, -0.1) is 0 Å². The Morgan fingerprint density at radius 2 is 1.80 bits per heavy atom. The van der Waals surface area contributed by atoms with Crippen LogP contribution in [-0.2, 0) is 20.9 Å². The first-order valence-electron chi connectivity index (χ1n) is 15.8. The molecule has 1 unspecified atom stereocenters. The number of carbonyl (C=O) groups excluding carboxylic acids is 2. The average molecular weight is 622 g/mol. The molecule has 2 amide bonds. The topological polar surface area (TPSA) is 119 Å². The molecule has 1 fully saturated rings. The van der Waals surface area contributed by atoms with Gasteiger partial charge in [0.2, 0.25) is 0 Å². The molecule has 4 aromatic rings. The van der Waals surface area contributed by atoms with Gasteiger partial charge in [-0.05, 0) is 79.3 Å². The number of aliphatic carboxylic acids is 1. The zero-order valence-corrected chi connectivity index (χ0v) is 26.2. The highest BCUT2D eigenvalue weighted by Gasteiger charge is 2.36. The van der Waals surface area contributed by atoms with Gasteiger partial charge in [0.05, 0.1) is 18.8 Å². The van der Waals surface area contributed by atoms with Crippen LogP contribution in [0.5, 0.6) is 5.75 Å². The van der Waals surface area contributed by atoms with Gasteiger partial charge < -0.3 is 29.8 Å². The number of carboxylic acid groups (broad SMARTS) is 1. The van der Waals surface area contributed by atoms with Crippen LogP contribution in [0.4, 0.5) is 5.69 Å². The third-order valence-electron chi connectivity index (χ3n) is 9.00. The van der Waals surface area contributed by atoms with Gasteiger partial charge in [0.1, 0.15) is 17.9 Å². The fraction of sp³-hybridized carbons (Fsp3) is 0.324. The fourth-order valence-corrected chi connectivity index (χ4v) is 6.76. The van der Waals surface area contributed by atoms with Crippen molar-refractivity contribution in [1.82, 2.24) is 9.88 Å². The Bertz CT molecular complexity index is 1800. The molecule has 1 aliphatic carbocycles. The summed E-state index contributed by atoms with van der Waals surface area (Å²) in [6.45, 7) is 2.77. The van der Waals surface area contributed by atoms with Gasteiger partial charge in [-0.2, -0.15) is 0 Å². The Hall–Kier alpha value is -4.89. The average Bonchev–Trinajstić information content (AvgIpc) is 3.25. The van der Waals surface area contributed by atoms with Gasteiger partial charge in [-0.25, -0.2) is 4.79 Å². The Balaban J connectivity index is 1.31. The third kappa shape index (κ3) is 6.28. The number of hydrogen-bond donors (Lipinski definition) is 3. The summed E-state index contributed by atoms with van der Waals surface area (Å²) < 4.78 is 13.9. The van der Waals surface area contributed by atoms with Gasteiger partial charge in [0.15, 0.2) is 0 Å². The Kier molecular flexibility index (Phi) is 8.94. The minimum atomic E-state index is -1.38. The van der Waals surface area contributed by atoms with Crippen molar-refractivity contribution in [2.75, 3.05) is 25.6 Å². The van der Waals surface area contributed by atoms with Gasteiger partial charge in [-0.3, -0.25) is 9.59 Å². The van der Waals surface area contributed by atoms with E-state index in [0.717, 1.165) is 41.1 Å². The molecule has 3 aromatic carbocycles. The molecule has 3 N–H and O–H groups in total. The maximum atomic E-state index is 13.8. The normalized spacial score (nSPS) is 16.1. The van der Waals surface area contributed by atoms with Crippen LogP contribution >= 0.6 is 0 Å². The number of nitrogens with one attached hydrogen (secondary N) is 2. The zero-order chi connectivity index (χ0) is 32.3. The Morgan fingerprint density at radius 3 is 2.54 bits per heavy atom. The van der Waals surface area contributed by atoms with Crippen LogP contribution in [0.3, 0.4) is 0 Å². The number of amides is 2. The molecular formula is C37H39N3O6. The van der Waals surface area contributed by atoms with Gasteiger partial charge in [0, 0.05) is 40.9 Å². The van der Waals surface area contributed by atoms with Crippen molar-refractivity contribution >= 4 is 40.4 Å². The molecule has 6 rings (SSSR count). The van der Waals surface area contributed by atoms with Crippen LogP contribution in [0.2, 0.25) is 0 Å². The number of carboxylic acids is 1. The highest BCUT2D eigenvalue weighted by Crippen LogP contribution is 2.47. The van der Waals surface area contributed by atoms with Crippen molar-refractivity contribution in [3.05, 3.63) is 89.5 Å². The van der Waals surface area contributed by atoms with E-state index in [0.29, 0.717) is 35.9 Å². The minimum absolute atomic E-state index is 0.0489. The van der Waals surface area contributed by atoms with Crippen LogP contribution < -0.4 is 15.4 Å². The number of benzene rings is 3. The molecule has 2 aliphatic rings. The second kappa shape index (κ2) is 13.2. The Labute approximate surface area is 268 Å². The molecule has 1 aliphatic heterocycles. The number of rotatable bonds is 9. The number of nitrogens with zero attached hydrogens (tertiary/aromatic N) is 1. The van der Waals surface area contributed by atoms with E-state index in [1.54, 1.807) is 31.2 Å². The Morgan fingerprint density at radius 1 is 1.04 bits per heavy atom. The second-order valence-electron chi connectivity index (χ2n) is 12.3. The summed E-state index contributed by atoms with van der Waals surface area (Å²) >= 11 is 0. The number of fused-ring (bicyclic) bond motifs is 5. The van der Waals surface area contributed by atoms with E-state index in [1.165, 1.54) is 43.7 Å². The van der Waals surface area contributed by atoms with E-state index < -0.39 is 17.4 Å². The molecule has 0 radical (unpaired) electrons. The van der Waals surface area contributed by atoms with Crippen LogP contribution in [0.1, 0.15) is 66.4 Å². The maximum Gasteiger partial charge on any atom is 0.328 e. The molecule has 1 atom stereocenters. The molecule has 0 bridgehead atoms. The fourth-order valence-electron chi connectivity index (χ4n) is 6.76. The first kappa shape index (κ1) is 31.1. The van der Waals surface area contributed by atoms with Crippen LogP contribution in [0.25, 0.3) is 28.2 Å². The van der Waals surface area contributed by atoms with Gasteiger partial charge >= 0.3 is 5.97 Å². The predicted molar refractivity (Wildman–Crippen MR) is 178 cm³/mol. The molecule has 46 heavy (non-hydrogen) atoms. The molecule has 0 spiro atoms. The van der Waals surface area contributed by atoms with E-state index >= 15 is 0 Å². The lowest BCUT2D eigenvalue weighted by atomic mass is 9.81. The monoisotopic (exact) mass is 621 g/mol. The smallest absolute Gasteiger partial charge is 0.328 e. The predicted octanol–water partition coefficient (Wildman–Crippen LogP) is 6.62. The lowest BCUT2D eigenvalue weighted by Gasteiger charge is -2.29. The van der Waals surface area contributed by atoms with Gasteiger partial charge in [0.25, 0.3) is 11.8 Å². The van der Waals surface area contributed by atoms with Crippen LogP contribution in [0, 0.1) is 0 Å². The second-order valence-corrected chi connectivity index (χ2v) is 12.3. The number of aromatic nitrogens is 1. The quantitative estimate of drug-likeness (QED) is 0.181. The molecule has 1 aromatic heterocycles. The zero-order valence-electron chi connectivity index (χ0n) is 26.2. The SMILES string of the molecule is COCC(C)(NC(=O)c1ccc2c(C3CCCCC3)c3n(c2c1)CCOc1ccccc1-3)C(=O)Nc1ccc(C=CC(=O)O)cc1. The lowest BCUT2D eigenvalue weighted by Crippen LogP contribution is -2.57. The summed E-state index contributed by atoms with van der Waals surface area (Å²) in [4.78, 5) is 38.1. The summed E-state index contributed by atoms with van der Waals surface area (Å²) in [6.07, 6.45) is 8.48. The highest BCUT2D eigenvalue weighted by atomic mass is 16.5. The first-order valence-corrected chi connectivity index (χ1v) is 15.8. The van der Waals surface area contributed by atoms with E-state index in [9.17, 15) is 14.4 Å². The van der Waals surface area contributed by atoms with Crippen molar-refractivity contribution < 1.29 is 29.0 Å². The minimum Gasteiger partial charge on any atom is -0.491 e. The summed E-state index contributed by atoms with van der Waals surface area (Å²) in [7, 11) is 1.48. The lowest BCUT2D eigenvalue weighted by molar-refractivity contribution is -0.131. The summed E-state index contributed by atoms with van der Waals surface area (Å²) in [6, 6.07) is 20.8. The largest absolute Gasteiger partial charge is 0.491 e. The standard InChI is InChI=1S/C37H39N3O6/c1-37(23-45-2,36(44)38-27-16-12-24(13-17-27)14-19-32(41)42)39-35(43)26-15-18-28-30(22-26)40-20-21-46-31-11-7-6-10-29(31)34(40)33(28)25-8-4-3-5-9-25/h6-7,10-19,22,25H,3-5,8-9,20-21,23H2,1-2H3,(H,38,44)(H,39,43)(H,41,42). The van der Waals surface area contributed by atoms with Crippen molar-refractivity contribution in [2.45, 2.75) is 57.0 Å². The third-order valence-corrected chi connectivity index (χ3v) is 9.00. The molecule has 9 heteroatoms. The summed E-state index contributed by atoms with van der Waals surface area (Å²) in [5.74, 6) is -0.548. The van der Waals surface area contributed by atoms with Crippen LogP contribution in [0.15, 0.2) is 72.8 Å². The van der Waals surface area contributed by atoms with Crippen LogP contribution in [-0.4, -0.2) is 53.3 Å². The molecular weight excluding hydrogens is 582 g/mol. The van der Waals surface area contributed by atoms with Crippen molar-refractivity contribution in [3.63, 3.8) is 0 Å². The van der Waals surface area contributed by atoms with Crippen molar-refractivity contribution in [2.24, 2.45) is 0 Å². The molecule has 238 valence electrons. The number of hydrogen-bond acceptors (Lipinski definition) is 5. The highest BCUT2D eigenvalue weighted by molar-refractivity contribution is 6.05. The number of methoxy groups -OCH3 is 1. The molecule has 1 saturated carbocycles. The first-order chi connectivity index (χ1) is 22.3. The number of carbonyl (C=O) groups is 3. The van der Waals surface area contributed by atoms with E-state index in [1.807, 2.05) is 30.3 Å². The maximum absolute atomic E-state index is 13.8. The number of ether oxygens (including phenoxy) is 2. The molecule has 2 heterocycles. The summed E-state index contributed by atoms with van der Waals surface area (Å²) in [5.41, 5.74) is 4.84. The van der Waals surface area contributed by atoms with Gasteiger partial charge in [-0.1, -0.05) is 49.6 Å².